The van der Waals surface area contributed by atoms with Crippen LogP contribution in [0, 0.1) is 0 Å². The Labute approximate surface area is 116 Å². The number of ether oxygens (including phenoxy) is 1. The molecule has 102 valence electrons. The summed E-state index contributed by atoms with van der Waals surface area (Å²) in [5.74, 6) is 1.37. The van der Waals surface area contributed by atoms with E-state index in [1.807, 2.05) is 24.3 Å². The predicted octanol–water partition coefficient (Wildman–Crippen LogP) is 2.13. The van der Waals surface area contributed by atoms with Crippen LogP contribution in [0.2, 0.25) is 0 Å². The molecule has 1 aromatic carbocycles. The van der Waals surface area contributed by atoms with Crippen molar-refractivity contribution in [2.75, 3.05) is 13.7 Å². The largest absolute Gasteiger partial charge is 0.481 e. The van der Waals surface area contributed by atoms with Crippen molar-refractivity contribution in [3.63, 3.8) is 0 Å². The zero-order valence-electron chi connectivity index (χ0n) is 11.3. The van der Waals surface area contributed by atoms with Crippen LogP contribution in [-0.2, 0) is 6.42 Å². The molecule has 20 heavy (non-hydrogen) atoms. The molecule has 0 bridgehead atoms. The summed E-state index contributed by atoms with van der Waals surface area (Å²) in [6, 6.07) is 11.9. The Morgan fingerprint density at radius 1 is 1.20 bits per heavy atom. The number of imidazole rings is 1. The van der Waals surface area contributed by atoms with Crippen LogP contribution in [0.4, 0.5) is 0 Å². The summed E-state index contributed by atoms with van der Waals surface area (Å²) in [5.41, 5.74) is 9.38. The molecule has 0 aliphatic carbocycles. The van der Waals surface area contributed by atoms with Gasteiger partial charge in [0.2, 0.25) is 5.88 Å². The molecule has 0 radical (unpaired) electrons. The first-order chi connectivity index (χ1) is 9.80. The lowest BCUT2D eigenvalue weighted by Gasteiger charge is -2.01. The second-order valence-corrected chi connectivity index (χ2v) is 4.55. The Kier molecular flexibility index (Phi) is 3.35. The van der Waals surface area contributed by atoms with Gasteiger partial charge in [0.1, 0.15) is 5.82 Å². The highest BCUT2D eigenvalue weighted by Crippen LogP contribution is 2.22. The van der Waals surface area contributed by atoms with E-state index >= 15 is 0 Å². The number of nitrogens with zero attached hydrogens (tertiary/aromatic N) is 2. The lowest BCUT2D eigenvalue weighted by molar-refractivity contribution is 0.399. The number of rotatable bonds is 4. The Hall–Kier alpha value is -2.40. The maximum atomic E-state index is 5.60. The van der Waals surface area contributed by atoms with Gasteiger partial charge in [-0.1, -0.05) is 18.2 Å². The van der Waals surface area contributed by atoms with Crippen LogP contribution in [0.25, 0.3) is 22.6 Å². The van der Waals surface area contributed by atoms with E-state index in [0.29, 0.717) is 18.1 Å². The first-order valence-electron chi connectivity index (χ1n) is 6.50. The summed E-state index contributed by atoms with van der Waals surface area (Å²) in [4.78, 5) is 12.1. The molecule has 0 aliphatic rings. The maximum Gasteiger partial charge on any atom is 0.215 e. The van der Waals surface area contributed by atoms with Crippen LogP contribution in [0.5, 0.6) is 5.88 Å². The first-order valence-corrected chi connectivity index (χ1v) is 6.50. The third kappa shape index (κ3) is 2.35. The van der Waals surface area contributed by atoms with Crippen molar-refractivity contribution in [1.29, 1.82) is 0 Å². The molecule has 3 N–H and O–H groups in total. The van der Waals surface area contributed by atoms with Gasteiger partial charge in [0.15, 0.2) is 5.65 Å². The monoisotopic (exact) mass is 268 g/mol. The van der Waals surface area contributed by atoms with Crippen molar-refractivity contribution in [2.24, 2.45) is 5.73 Å². The zero-order valence-corrected chi connectivity index (χ0v) is 11.3. The van der Waals surface area contributed by atoms with Gasteiger partial charge in [-0.25, -0.2) is 4.98 Å². The molecule has 2 aromatic heterocycles. The number of methoxy groups -OCH3 is 1. The van der Waals surface area contributed by atoms with Gasteiger partial charge in [-0.3, -0.25) is 0 Å². The summed E-state index contributed by atoms with van der Waals surface area (Å²) in [6.45, 7) is 0.641. The number of hydrogen-bond donors (Lipinski definition) is 2. The minimum Gasteiger partial charge on any atom is -0.481 e. The number of nitrogens with two attached hydrogens (primary N) is 1. The Balaban J connectivity index is 2.03. The van der Waals surface area contributed by atoms with Crippen molar-refractivity contribution >= 4 is 11.2 Å². The Morgan fingerprint density at radius 3 is 2.90 bits per heavy atom. The fourth-order valence-electron chi connectivity index (χ4n) is 2.17. The Bertz CT molecular complexity index is 736. The highest BCUT2D eigenvalue weighted by Gasteiger charge is 2.07. The molecule has 0 atom stereocenters. The van der Waals surface area contributed by atoms with Gasteiger partial charge in [-0.05, 0) is 30.7 Å². The SMILES string of the molecule is COc1ccc2[nH]c(-c3cccc(CCN)c3)nc2n1. The molecule has 0 saturated carbocycles. The van der Waals surface area contributed by atoms with E-state index in [1.165, 1.54) is 5.56 Å². The average molecular weight is 268 g/mol. The number of pyridine rings is 1. The highest BCUT2D eigenvalue weighted by atomic mass is 16.5. The fourth-order valence-corrected chi connectivity index (χ4v) is 2.17. The van der Waals surface area contributed by atoms with E-state index in [4.69, 9.17) is 10.5 Å². The van der Waals surface area contributed by atoms with Gasteiger partial charge in [-0.15, -0.1) is 0 Å². The second kappa shape index (κ2) is 5.30. The first kappa shape index (κ1) is 12.6. The summed E-state index contributed by atoms with van der Waals surface area (Å²) < 4.78 is 5.11. The minimum absolute atomic E-state index is 0.562. The summed E-state index contributed by atoms with van der Waals surface area (Å²) in [6.07, 6.45) is 0.861. The van der Waals surface area contributed by atoms with Crippen LogP contribution < -0.4 is 10.5 Å². The maximum absolute atomic E-state index is 5.60. The lowest BCUT2D eigenvalue weighted by Crippen LogP contribution is -2.02. The smallest absolute Gasteiger partial charge is 0.215 e. The third-order valence-electron chi connectivity index (χ3n) is 3.16. The molecular weight excluding hydrogens is 252 g/mol. The lowest BCUT2D eigenvalue weighted by atomic mass is 10.1. The van der Waals surface area contributed by atoms with Crippen molar-refractivity contribution in [3.8, 4) is 17.3 Å². The highest BCUT2D eigenvalue weighted by molar-refractivity contribution is 5.76. The van der Waals surface area contributed by atoms with Gasteiger partial charge in [0.05, 0.1) is 12.6 Å². The molecule has 0 aliphatic heterocycles. The van der Waals surface area contributed by atoms with Gasteiger partial charge >= 0.3 is 0 Å². The molecule has 5 heteroatoms. The van der Waals surface area contributed by atoms with E-state index in [0.717, 1.165) is 23.3 Å². The van der Waals surface area contributed by atoms with Crippen molar-refractivity contribution in [3.05, 3.63) is 42.0 Å². The quantitative estimate of drug-likeness (QED) is 0.760. The zero-order chi connectivity index (χ0) is 13.9. The molecule has 0 unspecified atom stereocenters. The Morgan fingerprint density at radius 2 is 2.10 bits per heavy atom. The molecular formula is C15H16N4O. The minimum atomic E-state index is 0.562. The standard InChI is InChI=1S/C15H16N4O/c1-20-13-6-5-12-15(18-13)19-14(17-12)11-4-2-3-10(9-11)7-8-16/h2-6,9H,7-8,16H2,1H3,(H,17,18,19). The molecule has 0 amide bonds. The molecule has 0 saturated heterocycles. The van der Waals surface area contributed by atoms with Crippen LogP contribution >= 0.6 is 0 Å². The van der Waals surface area contributed by atoms with Crippen LogP contribution in [-0.4, -0.2) is 28.6 Å². The van der Waals surface area contributed by atoms with E-state index in [-0.39, 0.29) is 0 Å². The number of H-pyrrole nitrogens is 1. The number of aromatic nitrogens is 3. The van der Waals surface area contributed by atoms with Crippen LogP contribution in [0.15, 0.2) is 36.4 Å². The predicted molar refractivity (Wildman–Crippen MR) is 78.6 cm³/mol. The average Bonchev–Trinajstić information content (AvgIpc) is 2.90. The van der Waals surface area contributed by atoms with E-state index < -0.39 is 0 Å². The van der Waals surface area contributed by atoms with Crippen molar-refractivity contribution in [2.45, 2.75) is 6.42 Å². The van der Waals surface area contributed by atoms with Crippen molar-refractivity contribution in [1.82, 2.24) is 15.0 Å². The number of benzene rings is 1. The van der Waals surface area contributed by atoms with Crippen molar-refractivity contribution < 1.29 is 4.74 Å². The van der Waals surface area contributed by atoms with Gasteiger partial charge in [0.25, 0.3) is 0 Å². The summed E-state index contributed by atoms with van der Waals surface area (Å²) in [5, 5.41) is 0. The normalized spacial score (nSPS) is 10.9. The van der Waals surface area contributed by atoms with E-state index in [2.05, 4.69) is 27.1 Å². The van der Waals surface area contributed by atoms with Crippen LogP contribution in [0.3, 0.4) is 0 Å². The molecule has 3 aromatic rings. The fraction of sp³-hybridized carbons (Fsp3) is 0.200. The van der Waals surface area contributed by atoms with E-state index in [9.17, 15) is 0 Å². The van der Waals surface area contributed by atoms with E-state index in [1.54, 1.807) is 7.11 Å². The van der Waals surface area contributed by atoms with Crippen LogP contribution in [0.1, 0.15) is 5.56 Å². The molecule has 2 heterocycles. The summed E-state index contributed by atoms with van der Waals surface area (Å²) >= 11 is 0. The summed E-state index contributed by atoms with van der Waals surface area (Å²) in [7, 11) is 1.60. The third-order valence-corrected chi connectivity index (χ3v) is 3.16. The number of hydrogen-bond acceptors (Lipinski definition) is 4. The van der Waals surface area contributed by atoms with Gasteiger partial charge < -0.3 is 15.5 Å². The molecule has 0 fully saturated rings. The number of fused-ring (bicyclic) bond motifs is 1. The second-order valence-electron chi connectivity index (χ2n) is 4.55. The van der Waals surface area contributed by atoms with Gasteiger partial charge in [-0.2, -0.15) is 4.98 Å². The van der Waals surface area contributed by atoms with Gasteiger partial charge in [0, 0.05) is 11.6 Å². The number of nitrogens with one attached hydrogen (secondary N) is 1. The molecule has 5 nitrogen and oxygen atoms in total. The topological polar surface area (TPSA) is 76.8 Å². The molecule has 0 spiro atoms. The molecule has 3 rings (SSSR count). The number of aromatic amines is 1.